The van der Waals surface area contributed by atoms with E-state index in [9.17, 15) is 4.79 Å². The highest BCUT2D eigenvalue weighted by atomic mass is 16.1. The maximum atomic E-state index is 10.8. The number of carbonyl (C=O) groups excluding carboxylic acids is 1. The van der Waals surface area contributed by atoms with E-state index in [1.165, 1.54) is 5.56 Å². The highest BCUT2D eigenvalue weighted by Gasteiger charge is 2.08. The van der Waals surface area contributed by atoms with E-state index in [0.717, 1.165) is 12.0 Å². The lowest BCUT2D eigenvalue weighted by Crippen LogP contribution is -2.12. The molecule has 1 atom stereocenters. The third-order valence-corrected chi connectivity index (χ3v) is 2.40. The minimum atomic E-state index is -0.0138. The summed E-state index contributed by atoms with van der Waals surface area (Å²) < 4.78 is 0. The number of Topliss-reactive ketones (excluding diaryl/α,β-unsaturated/α-hetero) is 1. The Morgan fingerprint density at radius 3 is 2.64 bits per heavy atom. The van der Waals surface area contributed by atoms with Gasteiger partial charge in [0.05, 0.1) is 0 Å². The summed E-state index contributed by atoms with van der Waals surface area (Å²) in [5.74, 6) is 0.203. The molecule has 0 aliphatic rings. The van der Waals surface area contributed by atoms with Crippen LogP contribution in [0.1, 0.15) is 36.9 Å². The Morgan fingerprint density at radius 2 is 2.07 bits per heavy atom. The first-order chi connectivity index (χ1) is 6.61. The van der Waals surface area contributed by atoms with Crippen LogP contribution in [0.2, 0.25) is 0 Å². The molecule has 1 unspecified atom stereocenters. The smallest absolute Gasteiger partial charge is 0.129 e. The zero-order valence-electron chi connectivity index (χ0n) is 8.79. The van der Waals surface area contributed by atoms with Gasteiger partial charge in [0.25, 0.3) is 0 Å². The standard InChI is InChI=1S/C12H17NO/c1-9-5-3-4-6-11(9)12(13)8-7-10(2)14/h3-6,12H,7-8,13H2,1-2H3. The quantitative estimate of drug-likeness (QED) is 0.794. The first kappa shape index (κ1) is 10.9. The molecule has 2 heteroatoms. The van der Waals surface area contributed by atoms with Crippen molar-refractivity contribution in [2.24, 2.45) is 5.73 Å². The van der Waals surface area contributed by atoms with Crippen molar-refractivity contribution in [3.63, 3.8) is 0 Å². The maximum Gasteiger partial charge on any atom is 0.129 e. The van der Waals surface area contributed by atoms with Gasteiger partial charge in [-0.2, -0.15) is 0 Å². The average molecular weight is 191 g/mol. The Bertz CT molecular complexity index is 320. The SMILES string of the molecule is CC(=O)CCC(N)c1ccccc1C. The van der Waals surface area contributed by atoms with Gasteiger partial charge in [0, 0.05) is 12.5 Å². The van der Waals surface area contributed by atoms with Crippen molar-refractivity contribution in [2.45, 2.75) is 32.7 Å². The van der Waals surface area contributed by atoms with Crippen LogP contribution >= 0.6 is 0 Å². The van der Waals surface area contributed by atoms with Crippen molar-refractivity contribution < 1.29 is 4.79 Å². The molecule has 0 spiro atoms. The topological polar surface area (TPSA) is 43.1 Å². The van der Waals surface area contributed by atoms with Crippen LogP contribution in [0.5, 0.6) is 0 Å². The summed E-state index contributed by atoms with van der Waals surface area (Å²) >= 11 is 0. The number of rotatable bonds is 4. The number of aryl methyl sites for hydroxylation is 1. The van der Waals surface area contributed by atoms with E-state index >= 15 is 0 Å². The van der Waals surface area contributed by atoms with Gasteiger partial charge in [-0.3, -0.25) is 0 Å². The van der Waals surface area contributed by atoms with Crippen molar-refractivity contribution >= 4 is 5.78 Å². The predicted octanol–water partition coefficient (Wildman–Crippen LogP) is 2.36. The second-order valence-electron chi connectivity index (χ2n) is 3.70. The van der Waals surface area contributed by atoms with E-state index in [0.29, 0.717) is 6.42 Å². The van der Waals surface area contributed by atoms with Crippen LogP contribution in [0.3, 0.4) is 0 Å². The summed E-state index contributed by atoms with van der Waals surface area (Å²) in [4.78, 5) is 10.8. The molecule has 1 aromatic carbocycles. The fourth-order valence-corrected chi connectivity index (χ4v) is 1.52. The number of hydrogen-bond acceptors (Lipinski definition) is 2. The summed E-state index contributed by atoms with van der Waals surface area (Å²) in [5, 5.41) is 0. The second-order valence-corrected chi connectivity index (χ2v) is 3.70. The second kappa shape index (κ2) is 4.91. The largest absolute Gasteiger partial charge is 0.324 e. The third-order valence-electron chi connectivity index (χ3n) is 2.40. The molecule has 0 bridgehead atoms. The predicted molar refractivity (Wildman–Crippen MR) is 58.0 cm³/mol. The Kier molecular flexibility index (Phi) is 3.84. The highest BCUT2D eigenvalue weighted by Crippen LogP contribution is 2.19. The molecule has 0 fully saturated rings. The summed E-state index contributed by atoms with van der Waals surface area (Å²) in [5.41, 5.74) is 8.34. The number of benzene rings is 1. The molecule has 0 heterocycles. The molecular formula is C12H17NO. The van der Waals surface area contributed by atoms with Crippen molar-refractivity contribution in [3.8, 4) is 0 Å². The van der Waals surface area contributed by atoms with Gasteiger partial charge >= 0.3 is 0 Å². The van der Waals surface area contributed by atoms with Crippen molar-refractivity contribution in [3.05, 3.63) is 35.4 Å². The van der Waals surface area contributed by atoms with E-state index < -0.39 is 0 Å². The summed E-state index contributed by atoms with van der Waals surface area (Å²) in [6.07, 6.45) is 1.30. The molecule has 0 amide bonds. The zero-order chi connectivity index (χ0) is 10.6. The number of nitrogens with two attached hydrogens (primary N) is 1. The van der Waals surface area contributed by atoms with Crippen LogP contribution in [0, 0.1) is 6.92 Å². The Labute approximate surface area is 85.1 Å². The van der Waals surface area contributed by atoms with Gasteiger partial charge in [0.15, 0.2) is 0 Å². The molecule has 14 heavy (non-hydrogen) atoms. The highest BCUT2D eigenvalue weighted by molar-refractivity contribution is 5.75. The van der Waals surface area contributed by atoms with Crippen molar-refractivity contribution in [1.82, 2.24) is 0 Å². The van der Waals surface area contributed by atoms with E-state index in [1.807, 2.05) is 31.2 Å². The minimum Gasteiger partial charge on any atom is -0.324 e. The fraction of sp³-hybridized carbons (Fsp3) is 0.417. The lowest BCUT2D eigenvalue weighted by atomic mass is 9.98. The number of hydrogen-bond donors (Lipinski definition) is 1. The Hall–Kier alpha value is -1.15. The molecule has 0 saturated heterocycles. The number of carbonyl (C=O) groups is 1. The van der Waals surface area contributed by atoms with Crippen LogP contribution in [-0.4, -0.2) is 5.78 Å². The van der Waals surface area contributed by atoms with Crippen LogP contribution in [-0.2, 0) is 4.79 Å². The van der Waals surface area contributed by atoms with E-state index in [-0.39, 0.29) is 11.8 Å². The fourth-order valence-electron chi connectivity index (χ4n) is 1.52. The van der Waals surface area contributed by atoms with Crippen molar-refractivity contribution in [1.29, 1.82) is 0 Å². The molecule has 1 aromatic rings. The molecule has 0 aromatic heterocycles. The molecular weight excluding hydrogens is 174 g/mol. The monoisotopic (exact) mass is 191 g/mol. The lowest BCUT2D eigenvalue weighted by molar-refractivity contribution is -0.117. The molecule has 2 nitrogen and oxygen atoms in total. The van der Waals surface area contributed by atoms with Gasteiger partial charge in [0.1, 0.15) is 5.78 Å². The van der Waals surface area contributed by atoms with Gasteiger partial charge in [-0.15, -0.1) is 0 Å². The summed E-state index contributed by atoms with van der Waals surface area (Å²) in [6.45, 7) is 3.65. The molecule has 0 aliphatic heterocycles. The van der Waals surface area contributed by atoms with E-state index in [1.54, 1.807) is 6.92 Å². The van der Waals surface area contributed by atoms with Crippen LogP contribution in [0.15, 0.2) is 24.3 Å². The van der Waals surface area contributed by atoms with Crippen LogP contribution in [0.25, 0.3) is 0 Å². The van der Waals surface area contributed by atoms with Crippen molar-refractivity contribution in [2.75, 3.05) is 0 Å². The first-order valence-electron chi connectivity index (χ1n) is 4.92. The first-order valence-corrected chi connectivity index (χ1v) is 4.92. The molecule has 0 aliphatic carbocycles. The van der Waals surface area contributed by atoms with Crippen LogP contribution in [0.4, 0.5) is 0 Å². The van der Waals surface area contributed by atoms with E-state index in [2.05, 4.69) is 0 Å². The maximum absolute atomic E-state index is 10.8. The minimum absolute atomic E-state index is 0.0138. The molecule has 76 valence electrons. The number of ketones is 1. The molecule has 1 rings (SSSR count). The lowest BCUT2D eigenvalue weighted by Gasteiger charge is -2.13. The van der Waals surface area contributed by atoms with Gasteiger partial charge in [-0.25, -0.2) is 0 Å². The van der Waals surface area contributed by atoms with Gasteiger partial charge in [0.2, 0.25) is 0 Å². The summed E-state index contributed by atoms with van der Waals surface area (Å²) in [7, 11) is 0. The zero-order valence-corrected chi connectivity index (χ0v) is 8.79. The average Bonchev–Trinajstić information content (AvgIpc) is 2.15. The summed E-state index contributed by atoms with van der Waals surface area (Å²) in [6, 6.07) is 8.04. The van der Waals surface area contributed by atoms with Gasteiger partial charge in [-0.1, -0.05) is 24.3 Å². The Balaban J connectivity index is 2.65. The van der Waals surface area contributed by atoms with Crippen LogP contribution < -0.4 is 5.73 Å². The van der Waals surface area contributed by atoms with Gasteiger partial charge in [-0.05, 0) is 31.4 Å². The molecule has 0 radical (unpaired) electrons. The van der Waals surface area contributed by atoms with E-state index in [4.69, 9.17) is 5.73 Å². The molecule has 2 N–H and O–H groups in total. The third kappa shape index (κ3) is 2.96. The van der Waals surface area contributed by atoms with Gasteiger partial charge < -0.3 is 10.5 Å². The molecule has 0 saturated carbocycles. The normalized spacial score (nSPS) is 12.5. The Morgan fingerprint density at radius 1 is 1.43 bits per heavy atom.